The van der Waals surface area contributed by atoms with Crippen LogP contribution in [0.4, 0.5) is 4.39 Å². The third-order valence-electron chi connectivity index (χ3n) is 4.18. The van der Waals surface area contributed by atoms with Gasteiger partial charge in [0.25, 0.3) is 0 Å². The highest BCUT2D eigenvalue weighted by atomic mass is 32.2. The summed E-state index contributed by atoms with van der Waals surface area (Å²) in [4.78, 5) is 12.2. The first-order valence-corrected chi connectivity index (χ1v) is 11.6. The number of rotatable bonds is 11. The number of nitrogens with one attached hydrogen (secondary N) is 1. The number of amides is 1. The molecule has 0 radical (unpaired) electrons. The summed E-state index contributed by atoms with van der Waals surface area (Å²) in [6, 6.07) is 16.3. The van der Waals surface area contributed by atoms with E-state index in [9.17, 15) is 9.18 Å². The smallest absolute Gasteiger partial charge is 0.230 e. The fourth-order valence-electron chi connectivity index (χ4n) is 2.66. The number of carbonyl (C=O) groups excluding carboxylic acids is 1. The minimum Gasteiger partial charge on any atom is -0.351 e. The summed E-state index contributed by atoms with van der Waals surface area (Å²) in [5, 5.41) is 12.1. The topological polar surface area (TPSA) is 59.8 Å². The van der Waals surface area contributed by atoms with Crippen LogP contribution in [0.1, 0.15) is 17.0 Å². The Hall–Kier alpha value is -2.58. The lowest BCUT2D eigenvalue weighted by molar-refractivity contribution is -0.118. The number of aromatic nitrogens is 3. The molecular formula is C22H23FN4OS2. The van der Waals surface area contributed by atoms with Gasteiger partial charge in [-0.2, -0.15) is 0 Å². The summed E-state index contributed by atoms with van der Waals surface area (Å²) in [7, 11) is 0. The summed E-state index contributed by atoms with van der Waals surface area (Å²) in [6.45, 7) is 4.89. The van der Waals surface area contributed by atoms with Gasteiger partial charge in [0.1, 0.15) is 11.6 Å². The van der Waals surface area contributed by atoms with Gasteiger partial charge in [0.05, 0.1) is 11.5 Å². The van der Waals surface area contributed by atoms with Crippen LogP contribution < -0.4 is 5.32 Å². The maximum atomic E-state index is 13.0. The van der Waals surface area contributed by atoms with E-state index in [2.05, 4.69) is 22.1 Å². The minimum atomic E-state index is -0.232. The standard InChI is InChI=1S/C22H23FN4OS2/c1-2-12-27-20(15-29-14-18-8-10-19(23)11-9-18)25-26-22(27)30-16-21(28)24-13-17-6-4-3-5-7-17/h2-11H,1,12-16H2,(H,24,28). The van der Waals surface area contributed by atoms with Crippen LogP contribution in [0.3, 0.4) is 0 Å². The van der Waals surface area contributed by atoms with Crippen LogP contribution in [-0.2, 0) is 29.4 Å². The van der Waals surface area contributed by atoms with Crippen LogP contribution in [0, 0.1) is 5.82 Å². The summed E-state index contributed by atoms with van der Waals surface area (Å²) >= 11 is 3.04. The Balaban J connectivity index is 1.50. The highest BCUT2D eigenvalue weighted by Crippen LogP contribution is 2.22. The number of allylic oxidation sites excluding steroid dienone is 1. The maximum absolute atomic E-state index is 13.0. The van der Waals surface area contributed by atoms with Crippen LogP contribution in [-0.4, -0.2) is 26.4 Å². The van der Waals surface area contributed by atoms with Crippen LogP contribution in [0.15, 0.2) is 72.4 Å². The first-order chi connectivity index (χ1) is 14.7. The Morgan fingerprint density at radius 1 is 1.07 bits per heavy atom. The van der Waals surface area contributed by atoms with E-state index in [1.807, 2.05) is 34.9 Å². The van der Waals surface area contributed by atoms with Crippen molar-refractivity contribution < 1.29 is 9.18 Å². The fourth-order valence-corrected chi connectivity index (χ4v) is 4.39. The first-order valence-electron chi connectivity index (χ1n) is 9.44. The van der Waals surface area contributed by atoms with Gasteiger partial charge in [-0.05, 0) is 23.3 Å². The van der Waals surface area contributed by atoms with E-state index in [0.717, 1.165) is 22.7 Å². The van der Waals surface area contributed by atoms with Gasteiger partial charge in [0.15, 0.2) is 5.16 Å². The molecular weight excluding hydrogens is 419 g/mol. The Morgan fingerprint density at radius 3 is 2.57 bits per heavy atom. The molecule has 1 heterocycles. The lowest BCUT2D eigenvalue weighted by atomic mass is 10.2. The lowest BCUT2D eigenvalue weighted by Crippen LogP contribution is -2.24. The van der Waals surface area contributed by atoms with Crippen molar-refractivity contribution in [1.82, 2.24) is 20.1 Å². The van der Waals surface area contributed by atoms with Crippen molar-refractivity contribution in [2.24, 2.45) is 0 Å². The largest absolute Gasteiger partial charge is 0.351 e. The highest BCUT2D eigenvalue weighted by Gasteiger charge is 2.13. The molecule has 2 aromatic carbocycles. The Bertz CT molecular complexity index is 961. The third-order valence-corrected chi connectivity index (χ3v) is 6.15. The second kappa shape index (κ2) is 11.6. The molecule has 0 bridgehead atoms. The summed E-state index contributed by atoms with van der Waals surface area (Å²) in [6.07, 6.45) is 1.79. The van der Waals surface area contributed by atoms with E-state index in [1.165, 1.54) is 23.9 Å². The normalized spacial score (nSPS) is 10.7. The Morgan fingerprint density at radius 2 is 1.83 bits per heavy atom. The third kappa shape index (κ3) is 6.74. The number of hydrogen-bond donors (Lipinski definition) is 1. The first kappa shape index (κ1) is 22.1. The Kier molecular flexibility index (Phi) is 8.53. The van der Waals surface area contributed by atoms with Gasteiger partial charge in [-0.1, -0.05) is 60.3 Å². The van der Waals surface area contributed by atoms with Crippen molar-refractivity contribution in [1.29, 1.82) is 0 Å². The van der Waals surface area contributed by atoms with Gasteiger partial charge in [-0.25, -0.2) is 4.39 Å². The lowest BCUT2D eigenvalue weighted by Gasteiger charge is -2.08. The SMILES string of the molecule is C=CCn1c(CSCc2ccc(F)cc2)nnc1SCC(=O)NCc1ccccc1. The molecule has 0 unspecified atom stereocenters. The number of halogens is 1. The van der Waals surface area contributed by atoms with E-state index in [-0.39, 0.29) is 17.5 Å². The van der Waals surface area contributed by atoms with Gasteiger partial charge in [-0.3, -0.25) is 4.79 Å². The molecule has 3 rings (SSSR count). The summed E-state index contributed by atoms with van der Waals surface area (Å²) in [5.41, 5.74) is 2.12. The van der Waals surface area contributed by atoms with Gasteiger partial charge >= 0.3 is 0 Å². The molecule has 5 nitrogen and oxygen atoms in total. The van der Waals surface area contributed by atoms with Crippen molar-refractivity contribution in [3.05, 3.63) is 90.0 Å². The quantitative estimate of drug-likeness (QED) is 0.351. The number of benzene rings is 2. The number of hydrogen-bond acceptors (Lipinski definition) is 5. The van der Waals surface area contributed by atoms with Gasteiger partial charge in [-0.15, -0.1) is 28.5 Å². The van der Waals surface area contributed by atoms with Crippen molar-refractivity contribution in [2.45, 2.75) is 29.8 Å². The molecule has 156 valence electrons. The van der Waals surface area contributed by atoms with Crippen molar-refractivity contribution >= 4 is 29.4 Å². The predicted octanol–water partition coefficient (Wildman–Crippen LogP) is 4.45. The molecule has 0 saturated carbocycles. The van der Waals surface area contributed by atoms with Gasteiger partial charge < -0.3 is 9.88 Å². The highest BCUT2D eigenvalue weighted by molar-refractivity contribution is 7.99. The molecule has 0 fully saturated rings. The van der Waals surface area contributed by atoms with Crippen LogP contribution in [0.2, 0.25) is 0 Å². The zero-order valence-corrected chi connectivity index (χ0v) is 18.1. The molecule has 0 spiro atoms. The summed E-state index contributed by atoms with van der Waals surface area (Å²) in [5.74, 6) is 2.23. The maximum Gasteiger partial charge on any atom is 0.230 e. The molecule has 1 N–H and O–H groups in total. The molecule has 0 atom stereocenters. The second-order valence-corrected chi connectivity index (χ2v) is 8.40. The molecule has 0 aliphatic rings. The van der Waals surface area contributed by atoms with E-state index in [1.54, 1.807) is 30.0 Å². The molecule has 3 aromatic rings. The van der Waals surface area contributed by atoms with Crippen molar-refractivity contribution in [3.8, 4) is 0 Å². The minimum absolute atomic E-state index is 0.0516. The monoisotopic (exact) mass is 442 g/mol. The zero-order valence-electron chi connectivity index (χ0n) is 16.5. The van der Waals surface area contributed by atoms with Crippen molar-refractivity contribution in [2.75, 3.05) is 5.75 Å². The number of carbonyl (C=O) groups is 1. The van der Waals surface area contributed by atoms with Crippen molar-refractivity contribution in [3.63, 3.8) is 0 Å². The average Bonchev–Trinajstić information content (AvgIpc) is 3.15. The number of thioether (sulfide) groups is 2. The molecule has 0 saturated heterocycles. The van der Waals surface area contributed by atoms with Gasteiger partial charge in [0, 0.05) is 18.8 Å². The molecule has 1 amide bonds. The summed E-state index contributed by atoms with van der Waals surface area (Å²) < 4.78 is 15.0. The van der Waals surface area contributed by atoms with E-state index < -0.39 is 0 Å². The average molecular weight is 443 g/mol. The van der Waals surface area contributed by atoms with E-state index >= 15 is 0 Å². The van der Waals surface area contributed by atoms with Crippen LogP contribution in [0.25, 0.3) is 0 Å². The zero-order chi connectivity index (χ0) is 21.2. The van der Waals surface area contributed by atoms with E-state index in [4.69, 9.17) is 0 Å². The predicted molar refractivity (Wildman–Crippen MR) is 121 cm³/mol. The Labute approximate surface area is 184 Å². The van der Waals surface area contributed by atoms with Crippen LogP contribution in [0.5, 0.6) is 0 Å². The van der Waals surface area contributed by atoms with E-state index in [0.29, 0.717) is 24.0 Å². The van der Waals surface area contributed by atoms with Gasteiger partial charge in [0.2, 0.25) is 5.91 Å². The molecule has 1 aromatic heterocycles. The molecule has 8 heteroatoms. The molecule has 30 heavy (non-hydrogen) atoms. The second-order valence-electron chi connectivity index (χ2n) is 6.47. The number of nitrogens with zero attached hydrogens (tertiary/aromatic N) is 3. The fraction of sp³-hybridized carbons (Fsp3) is 0.227. The molecule has 0 aliphatic carbocycles. The molecule has 0 aliphatic heterocycles. The van der Waals surface area contributed by atoms with Crippen LogP contribution >= 0.6 is 23.5 Å².